The molecule has 2 nitrogen and oxygen atoms in total. The van der Waals surface area contributed by atoms with Crippen LogP contribution in [0.15, 0.2) is 30.5 Å². The number of hydrogen-bond acceptors (Lipinski definition) is 2. The van der Waals surface area contributed by atoms with E-state index in [4.69, 9.17) is 0 Å². The molecule has 0 aromatic carbocycles. The van der Waals surface area contributed by atoms with Crippen molar-refractivity contribution in [3.05, 3.63) is 36.2 Å². The summed E-state index contributed by atoms with van der Waals surface area (Å²) in [4.78, 5) is 4.18. The second kappa shape index (κ2) is 6.38. The molecule has 0 radical (unpaired) electrons. The first-order chi connectivity index (χ1) is 6.43. The van der Waals surface area contributed by atoms with Gasteiger partial charge < -0.3 is 5.32 Å². The van der Waals surface area contributed by atoms with E-state index in [9.17, 15) is 0 Å². The van der Waals surface area contributed by atoms with Crippen LogP contribution in [0, 0.1) is 0 Å². The monoisotopic (exact) mass is 176 g/mol. The van der Waals surface area contributed by atoms with Crippen LogP contribution in [0.2, 0.25) is 0 Å². The minimum atomic E-state index is 0.921. The summed E-state index contributed by atoms with van der Waals surface area (Å²) < 4.78 is 0. The number of aromatic nitrogens is 1. The van der Waals surface area contributed by atoms with E-state index in [1.54, 1.807) is 6.20 Å². The van der Waals surface area contributed by atoms with Gasteiger partial charge in [0, 0.05) is 12.7 Å². The van der Waals surface area contributed by atoms with E-state index < -0.39 is 0 Å². The third kappa shape index (κ3) is 4.43. The molecule has 0 atom stereocenters. The lowest BCUT2D eigenvalue weighted by molar-refractivity contribution is 0.730. The number of nitrogens with zero attached hydrogens (tertiary/aromatic N) is 1. The summed E-state index contributed by atoms with van der Waals surface area (Å²) >= 11 is 0. The molecule has 0 aliphatic heterocycles. The van der Waals surface area contributed by atoms with Gasteiger partial charge in [-0.05, 0) is 31.2 Å². The molecule has 0 unspecified atom stereocenters. The Labute approximate surface area is 79.7 Å². The van der Waals surface area contributed by atoms with Gasteiger partial charge in [-0.2, -0.15) is 0 Å². The molecule has 0 bridgehead atoms. The zero-order chi connectivity index (χ0) is 9.36. The predicted molar refractivity (Wildman–Crippen MR) is 56.4 cm³/mol. The van der Waals surface area contributed by atoms with Gasteiger partial charge in [0.2, 0.25) is 0 Å². The molecule has 1 heterocycles. The maximum Gasteiger partial charge on any atom is 0.0626 e. The van der Waals surface area contributed by atoms with E-state index in [0.717, 1.165) is 18.8 Å². The summed E-state index contributed by atoms with van der Waals surface area (Å²) in [6.07, 6.45) is 7.11. The van der Waals surface area contributed by atoms with Crippen molar-refractivity contribution in [3.63, 3.8) is 0 Å². The van der Waals surface area contributed by atoms with Gasteiger partial charge in [0.25, 0.3) is 0 Å². The fourth-order valence-corrected chi connectivity index (χ4v) is 1.02. The van der Waals surface area contributed by atoms with Gasteiger partial charge in [-0.3, -0.25) is 4.98 Å². The molecule has 0 fully saturated rings. The van der Waals surface area contributed by atoms with Gasteiger partial charge in [0.05, 0.1) is 5.69 Å². The lowest BCUT2D eigenvalue weighted by Crippen LogP contribution is -2.13. The van der Waals surface area contributed by atoms with Crippen LogP contribution in [-0.2, 0) is 0 Å². The molecular formula is C11H16N2. The van der Waals surface area contributed by atoms with Crippen LogP contribution in [0.1, 0.15) is 19.0 Å². The van der Waals surface area contributed by atoms with Gasteiger partial charge in [-0.15, -0.1) is 0 Å². The zero-order valence-corrected chi connectivity index (χ0v) is 8.03. The highest BCUT2D eigenvalue weighted by Gasteiger charge is 1.83. The van der Waals surface area contributed by atoms with Crippen LogP contribution >= 0.6 is 0 Å². The fourth-order valence-electron chi connectivity index (χ4n) is 1.02. The van der Waals surface area contributed by atoms with E-state index in [0.29, 0.717) is 0 Å². The van der Waals surface area contributed by atoms with Crippen LogP contribution < -0.4 is 5.32 Å². The molecule has 1 rings (SSSR count). The smallest absolute Gasteiger partial charge is 0.0626 e. The van der Waals surface area contributed by atoms with Gasteiger partial charge in [-0.25, -0.2) is 0 Å². The Balaban J connectivity index is 2.25. The Morgan fingerprint density at radius 2 is 2.38 bits per heavy atom. The van der Waals surface area contributed by atoms with Crippen molar-refractivity contribution in [2.75, 3.05) is 13.1 Å². The minimum absolute atomic E-state index is 0.921. The lowest BCUT2D eigenvalue weighted by atomic mass is 10.3. The van der Waals surface area contributed by atoms with E-state index in [1.165, 1.54) is 6.42 Å². The Morgan fingerprint density at radius 3 is 3.08 bits per heavy atom. The van der Waals surface area contributed by atoms with Crippen molar-refractivity contribution < 1.29 is 0 Å². The van der Waals surface area contributed by atoms with E-state index >= 15 is 0 Å². The summed E-state index contributed by atoms with van der Waals surface area (Å²) in [5.74, 6) is 0. The summed E-state index contributed by atoms with van der Waals surface area (Å²) in [6.45, 7) is 4.16. The summed E-state index contributed by atoms with van der Waals surface area (Å²) in [6, 6.07) is 5.91. The second-order valence-corrected chi connectivity index (χ2v) is 2.86. The number of hydrogen-bond donors (Lipinski definition) is 1. The highest BCUT2D eigenvalue weighted by atomic mass is 14.8. The van der Waals surface area contributed by atoms with E-state index in [2.05, 4.69) is 23.3 Å². The zero-order valence-electron chi connectivity index (χ0n) is 8.03. The number of rotatable bonds is 5. The predicted octanol–water partition coefficient (Wildman–Crippen LogP) is 2.09. The highest BCUT2D eigenvalue weighted by molar-refractivity contribution is 5.43. The van der Waals surface area contributed by atoms with Crippen LogP contribution in [0.5, 0.6) is 0 Å². The van der Waals surface area contributed by atoms with Crippen LogP contribution in [-0.4, -0.2) is 18.1 Å². The number of nitrogens with one attached hydrogen (secondary N) is 1. The van der Waals surface area contributed by atoms with Gasteiger partial charge in [0.15, 0.2) is 0 Å². The first-order valence-electron chi connectivity index (χ1n) is 4.71. The van der Waals surface area contributed by atoms with Crippen molar-refractivity contribution >= 4 is 6.08 Å². The average molecular weight is 176 g/mol. The fraction of sp³-hybridized carbons (Fsp3) is 0.364. The maximum absolute atomic E-state index is 4.18. The molecule has 0 amide bonds. The quantitative estimate of drug-likeness (QED) is 0.695. The molecule has 1 aromatic rings. The molecule has 0 saturated heterocycles. The average Bonchev–Trinajstić information content (AvgIpc) is 2.19. The molecule has 0 aliphatic rings. The van der Waals surface area contributed by atoms with E-state index in [-0.39, 0.29) is 0 Å². The summed E-state index contributed by atoms with van der Waals surface area (Å²) in [5.41, 5.74) is 1.01. The molecular weight excluding hydrogens is 160 g/mol. The normalized spacial score (nSPS) is 10.8. The van der Waals surface area contributed by atoms with Gasteiger partial charge in [0.1, 0.15) is 0 Å². The minimum Gasteiger partial charge on any atom is -0.313 e. The number of pyridine rings is 1. The van der Waals surface area contributed by atoms with Crippen LogP contribution in [0.25, 0.3) is 6.08 Å². The van der Waals surface area contributed by atoms with Crippen LogP contribution in [0.3, 0.4) is 0 Å². The molecule has 70 valence electrons. The molecule has 2 heteroatoms. The first-order valence-corrected chi connectivity index (χ1v) is 4.71. The Kier molecular flexibility index (Phi) is 4.87. The van der Waals surface area contributed by atoms with E-state index in [1.807, 2.05) is 24.3 Å². The molecule has 1 aromatic heterocycles. The highest BCUT2D eigenvalue weighted by Crippen LogP contribution is 1.94. The van der Waals surface area contributed by atoms with Gasteiger partial charge in [-0.1, -0.05) is 19.1 Å². The Bertz CT molecular complexity index is 242. The molecule has 0 spiro atoms. The van der Waals surface area contributed by atoms with Crippen molar-refractivity contribution in [3.8, 4) is 0 Å². The van der Waals surface area contributed by atoms with Crippen molar-refractivity contribution in [2.45, 2.75) is 13.3 Å². The van der Waals surface area contributed by atoms with Crippen molar-refractivity contribution in [2.24, 2.45) is 0 Å². The third-order valence-electron chi connectivity index (χ3n) is 1.67. The molecule has 13 heavy (non-hydrogen) atoms. The summed E-state index contributed by atoms with van der Waals surface area (Å²) in [5, 5.41) is 3.29. The lowest BCUT2D eigenvalue weighted by Gasteiger charge is -1.95. The van der Waals surface area contributed by atoms with Crippen molar-refractivity contribution in [1.29, 1.82) is 0 Å². The standard InChI is InChI=1S/C11H16N2/c1-2-8-12-9-5-7-11-6-3-4-10-13-11/h3-7,10,12H,2,8-9H2,1H3. The van der Waals surface area contributed by atoms with Gasteiger partial charge >= 0.3 is 0 Å². The molecule has 1 N–H and O–H groups in total. The summed E-state index contributed by atoms with van der Waals surface area (Å²) in [7, 11) is 0. The Morgan fingerprint density at radius 1 is 1.46 bits per heavy atom. The largest absolute Gasteiger partial charge is 0.313 e. The SMILES string of the molecule is CCCNCC=Cc1ccccn1. The van der Waals surface area contributed by atoms with Crippen LogP contribution in [0.4, 0.5) is 0 Å². The molecule has 0 saturated carbocycles. The maximum atomic E-state index is 4.18. The topological polar surface area (TPSA) is 24.9 Å². The third-order valence-corrected chi connectivity index (χ3v) is 1.67. The molecule has 0 aliphatic carbocycles. The first kappa shape index (κ1) is 9.93. The second-order valence-electron chi connectivity index (χ2n) is 2.86. The van der Waals surface area contributed by atoms with Crippen molar-refractivity contribution in [1.82, 2.24) is 10.3 Å². The Hall–Kier alpha value is -1.15.